The number of benzene rings is 2. The summed E-state index contributed by atoms with van der Waals surface area (Å²) in [6.45, 7) is 5.23. The Labute approximate surface area is 158 Å². The van der Waals surface area contributed by atoms with Crippen molar-refractivity contribution in [2.75, 3.05) is 19.0 Å². The molecule has 0 aliphatic rings. The van der Waals surface area contributed by atoms with Crippen molar-refractivity contribution in [3.05, 3.63) is 59.4 Å². The van der Waals surface area contributed by atoms with Gasteiger partial charge in [0.1, 0.15) is 17.0 Å². The lowest BCUT2D eigenvalue weighted by molar-refractivity contribution is -0.138. The SMILES string of the molecule is COc1ccc(C)cc1NC(=O)C(C)(C)C(=O)NCCc1ccccc1F. The van der Waals surface area contributed by atoms with E-state index >= 15 is 0 Å². The van der Waals surface area contributed by atoms with Gasteiger partial charge < -0.3 is 15.4 Å². The molecule has 2 rings (SSSR count). The molecule has 0 saturated heterocycles. The molecular formula is C21H25FN2O3. The summed E-state index contributed by atoms with van der Waals surface area (Å²) in [6, 6.07) is 11.8. The maximum absolute atomic E-state index is 13.6. The molecule has 2 aromatic carbocycles. The van der Waals surface area contributed by atoms with Crippen LogP contribution in [0.1, 0.15) is 25.0 Å². The van der Waals surface area contributed by atoms with Crippen LogP contribution in [0.4, 0.5) is 10.1 Å². The molecule has 5 nitrogen and oxygen atoms in total. The number of ether oxygens (including phenoxy) is 1. The van der Waals surface area contributed by atoms with E-state index in [1.54, 1.807) is 44.2 Å². The Morgan fingerprint density at radius 2 is 1.81 bits per heavy atom. The second-order valence-corrected chi connectivity index (χ2v) is 6.88. The zero-order chi connectivity index (χ0) is 20.0. The van der Waals surface area contributed by atoms with Crippen LogP contribution in [0.15, 0.2) is 42.5 Å². The molecular weight excluding hydrogens is 347 g/mol. The van der Waals surface area contributed by atoms with Gasteiger partial charge in [-0.15, -0.1) is 0 Å². The molecule has 0 unspecified atom stereocenters. The monoisotopic (exact) mass is 372 g/mol. The number of hydrogen-bond acceptors (Lipinski definition) is 3. The molecule has 0 aliphatic carbocycles. The standard InChI is InChI=1S/C21H25FN2O3/c1-14-9-10-18(27-4)17(13-14)24-20(26)21(2,3)19(25)23-12-11-15-7-5-6-8-16(15)22/h5-10,13H,11-12H2,1-4H3,(H,23,25)(H,24,26). The van der Waals surface area contributed by atoms with Crippen molar-refractivity contribution in [2.24, 2.45) is 5.41 Å². The topological polar surface area (TPSA) is 67.4 Å². The van der Waals surface area contributed by atoms with E-state index in [9.17, 15) is 14.0 Å². The Bertz CT molecular complexity index is 834. The van der Waals surface area contributed by atoms with Gasteiger partial charge in [-0.3, -0.25) is 9.59 Å². The van der Waals surface area contributed by atoms with Crippen molar-refractivity contribution >= 4 is 17.5 Å². The molecule has 0 saturated carbocycles. The zero-order valence-electron chi connectivity index (χ0n) is 16.1. The molecule has 6 heteroatoms. The van der Waals surface area contributed by atoms with Gasteiger partial charge in [0.05, 0.1) is 12.8 Å². The molecule has 2 N–H and O–H groups in total. The highest BCUT2D eigenvalue weighted by Crippen LogP contribution is 2.27. The molecule has 0 heterocycles. The predicted molar refractivity (Wildman–Crippen MR) is 103 cm³/mol. The number of hydrogen-bond donors (Lipinski definition) is 2. The Morgan fingerprint density at radius 1 is 1.11 bits per heavy atom. The number of halogens is 1. The van der Waals surface area contributed by atoms with Crippen molar-refractivity contribution in [1.29, 1.82) is 0 Å². The summed E-state index contributed by atoms with van der Waals surface area (Å²) < 4.78 is 18.9. The molecule has 0 atom stereocenters. The number of carbonyl (C=O) groups excluding carboxylic acids is 2. The largest absolute Gasteiger partial charge is 0.495 e. The van der Waals surface area contributed by atoms with Crippen LogP contribution in [-0.2, 0) is 16.0 Å². The number of aryl methyl sites for hydroxylation is 1. The van der Waals surface area contributed by atoms with E-state index in [-0.39, 0.29) is 12.4 Å². The van der Waals surface area contributed by atoms with Crippen LogP contribution in [0.25, 0.3) is 0 Å². The summed E-state index contributed by atoms with van der Waals surface area (Å²) in [6.07, 6.45) is 0.349. The second kappa shape index (κ2) is 8.66. The molecule has 0 radical (unpaired) electrons. The van der Waals surface area contributed by atoms with Crippen molar-refractivity contribution in [1.82, 2.24) is 5.32 Å². The van der Waals surface area contributed by atoms with Crippen molar-refractivity contribution in [3.8, 4) is 5.75 Å². The van der Waals surface area contributed by atoms with Gasteiger partial charge in [0.25, 0.3) is 0 Å². The van der Waals surface area contributed by atoms with Gasteiger partial charge in [0.2, 0.25) is 11.8 Å². The van der Waals surface area contributed by atoms with Gasteiger partial charge in [-0.2, -0.15) is 0 Å². The number of rotatable bonds is 7. The third-order valence-electron chi connectivity index (χ3n) is 4.38. The lowest BCUT2D eigenvalue weighted by Crippen LogP contribution is -2.45. The average Bonchev–Trinajstić information content (AvgIpc) is 2.63. The highest BCUT2D eigenvalue weighted by molar-refractivity contribution is 6.10. The van der Waals surface area contributed by atoms with Crippen LogP contribution in [0.2, 0.25) is 0 Å². The van der Waals surface area contributed by atoms with E-state index in [1.807, 2.05) is 13.0 Å². The minimum atomic E-state index is -1.30. The first-order valence-electron chi connectivity index (χ1n) is 8.73. The van der Waals surface area contributed by atoms with E-state index < -0.39 is 17.2 Å². The van der Waals surface area contributed by atoms with Crippen LogP contribution in [0.3, 0.4) is 0 Å². The number of carbonyl (C=O) groups is 2. The Morgan fingerprint density at radius 3 is 2.48 bits per heavy atom. The van der Waals surface area contributed by atoms with E-state index in [0.717, 1.165) is 5.56 Å². The normalized spacial score (nSPS) is 11.0. The Kier molecular flexibility index (Phi) is 6.55. The fourth-order valence-electron chi connectivity index (χ4n) is 2.53. The Balaban J connectivity index is 1.99. The fourth-order valence-corrected chi connectivity index (χ4v) is 2.53. The first kappa shape index (κ1) is 20.4. The molecule has 0 bridgehead atoms. The summed E-state index contributed by atoms with van der Waals surface area (Å²) in [5.41, 5.74) is 0.682. The maximum Gasteiger partial charge on any atom is 0.239 e. The first-order chi connectivity index (χ1) is 12.8. The molecule has 0 spiro atoms. The van der Waals surface area contributed by atoms with Crippen LogP contribution < -0.4 is 15.4 Å². The number of methoxy groups -OCH3 is 1. The first-order valence-corrected chi connectivity index (χ1v) is 8.73. The van der Waals surface area contributed by atoms with Gasteiger partial charge in [-0.25, -0.2) is 4.39 Å². The van der Waals surface area contributed by atoms with Gasteiger partial charge in [0.15, 0.2) is 0 Å². The lowest BCUT2D eigenvalue weighted by Gasteiger charge is -2.23. The fraction of sp³-hybridized carbons (Fsp3) is 0.333. The number of anilines is 1. The molecule has 144 valence electrons. The van der Waals surface area contributed by atoms with Crippen molar-refractivity contribution in [3.63, 3.8) is 0 Å². The Hall–Kier alpha value is -2.89. The van der Waals surface area contributed by atoms with Crippen LogP contribution in [0.5, 0.6) is 5.75 Å². The van der Waals surface area contributed by atoms with Gasteiger partial charge in [-0.1, -0.05) is 24.3 Å². The summed E-state index contributed by atoms with van der Waals surface area (Å²) in [5, 5.41) is 5.46. The third-order valence-corrected chi connectivity index (χ3v) is 4.38. The van der Waals surface area contributed by atoms with E-state index in [2.05, 4.69) is 10.6 Å². The summed E-state index contributed by atoms with van der Waals surface area (Å²) in [7, 11) is 1.51. The minimum Gasteiger partial charge on any atom is -0.495 e. The van der Waals surface area contributed by atoms with Crippen LogP contribution in [0, 0.1) is 18.2 Å². The molecule has 27 heavy (non-hydrogen) atoms. The summed E-state index contributed by atoms with van der Waals surface area (Å²) >= 11 is 0. The van der Waals surface area contributed by atoms with Crippen LogP contribution in [-0.4, -0.2) is 25.5 Å². The van der Waals surface area contributed by atoms with Gasteiger partial charge in [0, 0.05) is 6.54 Å². The van der Waals surface area contributed by atoms with Crippen LogP contribution >= 0.6 is 0 Å². The van der Waals surface area contributed by atoms with Gasteiger partial charge >= 0.3 is 0 Å². The molecule has 0 aliphatic heterocycles. The zero-order valence-corrected chi connectivity index (χ0v) is 16.1. The predicted octanol–water partition coefficient (Wildman–Crippen LogP) is 3.47. The van der Waals surface area contributed by atoms with Crippen molar-refractivity contribution < 1.29 is 18.7 Å². The summed E-state index contributed by atoms with van der Waals surface area (Å²) in [5.74, 6) is -0.669. The molecule has 2 amide bonds. The average molecular weight is 372 g/mol. The second-order valence-electron chi connectivity index (χ2n) is 6.88. The molecule has 0 aromatic heterocycles. The quantitative estimate of drug-likeness (QED) is 0.732. The van der Waals surface area contributed by atoms with E-state index in [4.69, 9.17) is 4.74 Å². The highest BCUT2D eigenvalue weighted by Gasteiger charge is 2.36. The van der Waals surface area contributed by atoms with Gasteiger partial charge in [-0.05, 0) is 56.5 Å². The van der Waals surface area contributed by atoms with E-state index in [1.165, 1.54) is 13.2 Å². The van der Waals surface area contributed by atoms with Crippen molar-refractivity contribution in [2.45, 2.75) is 27.2 Å². The smallest absolute Gasteiger partial charge is 0.239 e. The summed E-state index contributed by atoms with van der Waals surface area (Å²) in [4.78, 5) is 25.2. The number of amides is 2. The third kappa shape index (κ3) is 5.06. The van der Waals surface area contributed by atoms with E-state index in [0.29, 0.717) is 23.4 Å². The lowest BCUT2D eigenvalue weighted by atomic mass is 9.90. The molecule has 2 aromatic rings. The maximum atomic E-state index is 13.6. The highest BCUT2D eigenvalue weighted by atomic mass is 19.1. The molecule has 0 fully saturated rings. The number of nitrogens with one attached hydrogen (secondary N) is 2. The minimum absolute atomic E-state index is 0.240.